The smallest absolute Gasteiger partial charge is 0.272 e. The lowest BCUT2D eigenvalue weighted by molar-refractivity contribution is 0.101. The molecule has 2 aromatic rings. The van der Waals surface area contributed by atoms with Crippen molar-refractivity contribution in [1.82, 2.24) is 4.57 Å². The summed E-state index contributed by atoms with van der Waals surface area (Å²) in [5, 5.41) is 12.5. The van der Waals surface area contributed by atoms with Crippen LogP contribution in [0.3, 0.4) is 0 Å². The highest BCUT2D eigenvalue weighted by Crippen LogP contribution is 2.18. The molecule has 0 aliphatic rings. The van der Waals surface area contributed by atoms with Gasteiger partial charge in [-0.25, -0.2) is 0 Å². The Labute approximate surface area is 103 Å². The van der Waals surface area contributed by atoms with Crippen molar-refractivity contribution in [3.8, 4) is 5.75 Å². The topological polar surface area (TPSA) is 54.3 Å². The second-order valence-electron chi connectivity index (χ2n) is 3.66. The van der Waals surface area contributed by atoms with Gasteiger partial charge in [0.2, 0.25) is 0 Å². The number of carbonyl (C=O) groups excluding carboxylic acids is 1. The van der Waals surface area contributed by atoms with Gasteiger partial charge in [-0.2, -0.15) is 0 Å². The number of benzene rings is 1. The molecule has 0 aliphatic heterocycles. The highest BCUT2D eigenvalue weighted by molar-refractivity contribution is 6.31. The first-order valence-electron chi connectivity index (χ1n) is 4.98. The van der Waals surface area contributed by atoms with Gasteiger partial charge >= 0.3 is 0 Å². The first-order chi connectivity index (χ1) is 8.06. The summed E-state index contributed by atoms with van der Waals surface area (Å²) in [5.74, 6) is -0.169. The van der Waals surface area contributed by atoms with E-state index in [2.05, 4.69) is 5.32 Å². The van der Waals surface area contributed by atoms with Gasteiger partial charge in [-0.05, 0) is 18.2 Å². The Kier molecular flexibility index (Phi) is 3.06. The standard InChI is InChI=1S/C12H11ClN2O2/c1-15-7-8(13)5-11(15)12(17)14-9-3-2-4-10(16)6-9/h2-7,16H,1H3,(H,14,17). The zero-order valence-electron chi connectivity index (χ0n) is 9.14. The number of nitrogens with zero attached hydrogens (tertiary/aromatic N) is 1. The van der Waals surface area contributed by atoms with Crippen LogP contribution in [0.4, 0.5) is 5.69 Å². The van der Waals surface area contributed by atoms with Crippen molar-refractivity contribution in [3.05, 3.63) is 47.2 Å². The summed E-state index contributed by atoms with van der Waals surface area (Å²) in [6.07, 6.45) is 1.65. The van der Waals surface area contributed by atoms with Crippen LogP contribution in [0.15, 0.2) is 36.5 Å². The minimum Gasteiger partial charge on any atom is -0.508 e. The number of carbonyl (C=O) groups is 1. The Hall–Kier alpha value is -1.94. The Bertz CT molecular complexity index is 563. The quantitative estimate of drug-likeness (QED) is 0.861. The third kappa shape index (κ3) is 2.60. The van der Waals surface area contributed by atoms with Crippen LogP contribution in [0.5, 0.6) is 5.75 Å². The third-order valence-electron chi connectivity index (χ3n) is 2.31. The van der Waals surface area contributed by atoms with E-state index in [0.717, 1.165) is 0 Å². The van der Waals surface area contributed by atoms with E-state index in [1.165, 1.54) is 12.1 Å². The summed E-state index contributed by atoms with van der Waals surface area (Å²) in [6.45, 7) is 0. The van der Waals surface area contributed by atoms with Gasteiger partial charge in [0, 0.05) is 25.0 Å². The lowest BCUT2D eigenvalue weighted by atomic mass is 10.3. The van der Waals surface area contributed by atoms with Crippen LogP contribution < -0.4 is 5.32 Å². The fraction of sp³-hybridized carbons (Fsp3) is 0.0833. The van der Waals surface area contributed by atoms with Crippen molar-refractivity contribution in [2.24, 2.45) is 7.05 Å². The van der Waals surface area contributed by atoms with Crippen LogP contribution in [0.25, 0.3) is 0 Å². The van der Waals surface area contributed by atoms with E-state index in [4.69, 9.17) is 11.6 Å². The Morgan fingerprint density at radius 3 is 2.76 bits per heavy atom. The molecule has 0 fully saturated rings. The average Bonchev–Trinajstić information content (AvgIpc) is 2.58. The summed E-state index contributed by atoms with van der Waals surface area (Å²) in [7, 11) is 1.74. The molecule has 0 unspecified atom stereocenters. The molecule has 0 saturated carbocycles. The van der Waals surface area contributed by atoms with Crippen molar-refractivity contribution in [1.29, 1.82) is 0 Å². The normalized spacial score (nSPS) is 10.2. The molecule has 0 bridgehead atoms. The Morgan fingerprint density at radius 2 is 2.18 bits per heavy atom. The first-order valence-corrected chi connectivity index (χ1v) is 5.36. The molecule has 1 amide bonds. The number of aryl methyl sites for hydroxylation is 1. The Morgan fingerprint density at radius 1 is 1.41 bits per heavy atom. The van der Waals surface area contributed by atoms with Crippen LogP contribution in [0.1, 0.15) is 10.5 Å². The van der Waals surface area contributed by atoms with Gasteiger partial charge in [0.25, 0.3) is 5.91 Å². The molecule has 2 N–H and O–H groups in total. The second kappa shape index (κ2) is 4.51. The van der Waals surface area contributed by atoms with E-state index in [1.54, 1.807) is 36.0 Å². The minimum absolute atomic E-state index is 0.104. The molecule has 0 atom stereocenters. The lowest BCUT2D eigenvalue weighted by Gasteiger charge is -2.06. The Balaban J connectivity index is 2.20. The second-order valence-corrected chi connectivity index (χ2v) is 4.10. The van der Waals surface area contributed by atoms with E-state index >= 15 is 0 Å². The molecule has 0 radical (unpaired) electrons. The van der Waals surface area contributed by atoms with Crippen LogP contribution in [0, 0.1) is 0 Å². The van der Waals surface area contributed by atoms with Gasteiger partial charge in [0.05, 0.1) is 5.02 Å². The van der Waals surface area contributed by atoms with Gasteiger partial charge < -0.3 is 15.0 Å². The molecule has 2 rings (SSSR count). The third-order valence-corrected chi connectivity index (χ3v) is 2.51. The number of aromatic hydroxyl groups is 1. The zero-order valence-corrected chi connectivity index (χ0v) is 9.90. The first kappa shape index (κ1) is 11.5. The zero-order chi connectivity index (χ0) is 12.4. The SMILES string of the molecule is Cn1cc(Cl)cc1C(=O)Nc1cccc(O)c1. The molecule has 5 heteroatoms. The summed E-state index contributed by atoms with van der Waals surface area (Å²) in [5.41, 5.74) is 0.991. The maximum Gasteiger partial charge on any atom is 0.272 e. The summed E-state index contributed by atoms with van der Waals surface area (Å²) in [6, 6.07) is 7.95. The van der Waals surface area contributed by atoms with Crippen molar-refractivity contribution in [3.63, 3.8) is 0 Å². The van der Waals surface area contributed by atoms with E-state index in [-0.39, 0.29) is 11.7 Å². The summed E-state index contributed by atoms with van der Waals surface area (Å²) < 4.78 is 1.64. The fourth-order valence-corrected chi connectivity index (χ4v) is 1.78. The van der Waals surface area contributed by atoms with E-state index in [9.17, 15) is 9.90 Å². The molecule has 1 aromatic heterocycles. The summed E-state index contributed by atoms with van der Waals surface area (Å²) >= 11 is 5.80. The van der Waals surface area contributed by atoms with E-state index in [0.29, 0.717) is 16.4 Å². The largest absolute Gasteiger partial charge is 0.508 e. The van der Waals surface area contributed by atoms with Crippen LogP contribution >= 0.6 is 11.6 Å². The molecule has 0 aliphatic carbocycles. The predicted molar refractivity (Wildman–Crippen MR) is 66.5 cm³/mol. The number of aromatic nitrogens is 1. The molecule has 17 heavy (non-hydrogen) atoms. The van der Waals surface area contributed by atoms with E-state index in [1.807, 2.05) is 0 Å². The minimum atomic E-state index is -0.273. The van der Waals surface area contributed by atoms with Crippen molar-refractivity contribution < 1.29 is 9.90 Å². The number of anilines is 1. The molecule has 88 valence electrons. The fourth-order valence-electron chi connectivity index (χ4n) is 1.53. The molecular formula is C12H11ClN2O2. The monoisotopic (exact) mass is 250 g/mol. The van der Waals surface area contributed by atoms with Crippen LogP contribution in [-0.4, -0.2) is 15.6 Å². The van der Waals surface area contributed by atoms with Gasteiger partial charge in [-0.3, -0.25) is 4.79 Å². The number of amides is 1. The number of phenols is 1. The number of nitrogens with one attached hydrogen (secondary N) is 1. The average molecular weight is 251 g/mol. The number of hydrogen-bond acceptors (Lipinski definition) is 2. The number of rotatable bonds is 2. The van der Waals surface area contributed by atoms with Gasteiger partial charge in [-0.1, -0.05) is 17.7 Å². The maximum absolute atomic E-state index is 11.9. The van der Waals surface area contributed by atoms with Gasteiger partial charge in [0.1, 0.15) is 11.4 Å². The number of phenolic OH excluding ortho intramolecular Hbond substituents is 1. The van der Waals surface area contributed by atoms with Crippen LogP contribution in [-0.2, 0) is 7.05 Å². The molecule has 0 spiro atoms. The van der Waals surface area contributed by atoms with E-state index < -0.39 is 0 Å². The summed E-state index contributed by atoms with van der Waals surface area (Å²) in [4.78, 5) is 11.9. The molecular weight excluding hydrogens is 240 g/mol. The number of hydrogen-bond donors (Lipinski definition) is 2. The molecule has 1 heterocycles. The van der Waals surface area contributed by atoms with Crippen molar-refractivity contribution in [2.45, 2.75) is 0 Å². The van der Waals surface area contributed by atoms with Crippen LogP contribution in [0.2, 0.25) is 5.02 Å². The van der Waals surface area contributed by atoms with Gasteiger partial charge in [0.15, 0.2) is 0 Å². The predicted octanol–water partition coefficient (Wildman–Crippen LogP) is 2.64. The highest BCUT2D eigenvalue weighted by atomic mass is 35.5. The van der Waals surface area contributed by atoms with Gasteiger partial charge in [-0.15, -0.1) is 0 Å². The molecule has 4 nitrogen and oxygen atoms in total. The highest BCUT2D eigenvalue weighted by Gasteiger charge is 2.11. The molecule has 1 aromatic carbocycles. The molecule has 0 saturated heterocycles. The van der Waals surface area contributed by atoms with Crippen molar-refractivity contribution >= 4 is 23.2 Å². The maximum atomic E-state index is 11.9. The number of halogens is 1. The lowest BCUT2D eigenvalue weighted by Crippen LogP contribution is -2.15. The van der Waals surface area contributed by atoms with Crippen molar-refractivity contribution in [2.75, 3.05) is 5.32 Å².